The summed E-state index contributed by atoms with van der Waals surface area (Å²) in [5.74, 6) is 0. The summed E-state index contributed by atoms with van der Waals surface area (Å²) in [4.78, 5) is 2.24. The van der Waals surface area contributed by atoms with Crippen molar-refractivity contribution < 1.29 is 30.5 Å². The average molecular weight is 649 g/mol. The van der Waals surface area contributed by atoms with Gasteiger partial charge in [-0.25, -0.2) is 16.8 Å². The van der Waals surface area contributed by atoms with Crippen molar-refractivity contribution in [3.63, 3.8) is 0 Å². The number of allylic oxidation sites excluding steroid dienone is 2. The number of thioether (sulfide) groups is 1. The smallest absolute Gasteiger partial charge is 0.264 e. The van der Waals surface area contributed by atoms with Gasteiger partial charge < -0.3 is 14.0 Å². The van der Waals surface area contributed by atoms with Gasteiger partial charge in [-0.3, -0.25) is 0 Å². The van der Waals surface area contributed by atoms with E-state index in [0.29, 0.717) is 37.7 Å². The van der Waals surface area contributed by atoms with Crippen LogP contribution in [0.15, 0.2) is 58.0 Å². The van der Waals surface area contributed by atoms with Gasteiger partial charge in [0.25, 0.3) is 5.01 Å². The number of hydrogen-bond donors (Lipinski definition) is 0. The number of aromatic nitrogens is 1. The highest BCUT2D eigenvalue weighted by atomic mass is 35.5. The minimum atomic E-state index is -4.70. The fourth-order valence-corrected chi connectivity index (χ4v) is 9.05. The Morgan fingerprint density at radius 1 is 1.00 bits per heavy atom. The van der Waals surface area contributed by atoms with Crippen molar-refractivity contribution in [2.45, 2.75) is 55.7 Å². The van der Waals surface area contributed by atoms with Gasteiger partial charge in [-0.1, -0.05) is 67.1 Å². The van der Waals surface area contributed by atoms with E-state index in [9.17, 15) is 25.9 Å². The first-order chi connectivity index (χ1) is 18.3. The van der Waals surface area contributed by atoms with E-state index < -0.39 is 31.0 Å². The Bertz CT molecular complexity index is 1700. The molecule has 0 bridgehead atoms. The maximum Gasteiger partial charge on any atom is 0.264 e. The Morgan fingerprint density at radius 2 is 1.67 bits per heavy atom. The predicted octanol–water partition coefficient (Wildman–Crippen LogP) is 6.48. The summed E-state index contributed by atoms with van der Waals surface area (Å²) in [6.45, 7) is 5.15. The van der Waals surface area contributed by atoms with Crippen molar-refractivity contribution >= 4 is 88.5 Å². The van der Waals surface area contributed by atoms with E-state index in [2.05, 4.69) is 0 Å². The molecule has 0 saturated heterocycles. The summed E-state index contributed by atoms with van der Waals surface area (Å²) in [6, 6.07) is 10.2. The lowest BCUT2D eigenvalue weighted by Crippen LogP contribution is -2.44. The quantitative estimate of drug-likeness (QED) is 0.191. The van der Waals surface area contributed by atoms with Gasteiger partial charge in [0.05, 0.1) is 10.7 Å². The second kappa shape index (κ2) is 11.7. The van der Waals surface area contributed by atoms with Crippen LogP contribution in [0, 0.1) is 0 Å². The van der Waals surface area contributed by atoms with Crippen LogP contribution in [0.25, 0.3) is 16.3 Å². The van der Waals surface area contributed by atoms with Gasteiger partial charge in [0.15, 0.2) is 10.1 Å². The van der Waals surface area contributed by atoms with E-state index in [-0.39, 0.29) is 12.8 Å². The lowest BCUT2D eigenvalue weighted by molar-refractivity contribution is -0.674. The third kappa shape index (κ3) is 6.33. The van der Waals surface area contributed by atoms with Crippen LogP contribution in [0.4, 0.5) is 5.69 Å². The zero-order chi connectivity index (χ0) is 28.7. The molecule has 0 radical (unpaired) electrons. The van der Waals surface area contributed by atoms with Crippen molar-refractivity contribution in [2.24, 2.45) is 0 Å². The van der Waals surface area contributed by atoms with Gasteiger partial charge in [0.1, 0.15) is 20.2 Å². The molecule has 8 nitrogen and oxygen atoms in total. The Morgan fingerprint density at radius 3 is 2.26 bits per heavy atom. The lowest BCUT2D eigenvalue weighted by Gasteiger charge is -2.32. The summed E-state index contributed by atoms with van der Waals surface area (Å²) >= 11 is 15.0. The molecule has 0 fully saturated rings. The molecule has 3 aromatic rings. The number of anilines is 1. The number of nitrogens with zero attached hydrogens (tertiary/aromatic N) is 2. The fraction of sp³-hybridized carbons (Fsp3) is 0.320. The van der Waals surface area contributed by atoms with Crippen molar-refractivity contribution in [2.75, 3.05) is 4.90 Å². The highest BCUT2D eigenvalue weighted by molar-refractivity contribution is 8.03. The van der Waals surface area contributed by atoms with Crippen molar-refractivity contribution in [1.82, 2.24) is 0 Å². The van der Waals surface area contributed by atoms with Crippen LogP contribution in [-0.4, -0.2) is 31.3 Å². The van der Waals surface area contributed by atoms with E-state index in [4.69, 9.17) is 23.2 Å². The Hall–Kier alpha value is -1.64. The van der Waals surface area contributed by atoms with Crippen LogP contribution in [0.2, 0.25) is 10.0 Å². The number of thiazole rings is 1. The summed E-state index contributed by atoms with van der Waals surface area (Å²) in [7, 11) is -9.41. The molecule has 39 heavy (non-hydrogen) atoms. The molecule has 0 aliphatic carbocycles. The summed E-state index contributed by atoms with van der Waals surface area (Å²) < 4.78 is 75.6. The van der Waals surface area contributed by atoms with Gasteiger partial charge >= 0.3 is 0 Å². The van der Waals surface area contributed by atoms with Gasteiger partial charge in [0.2, 0.25) is 10.9 Å². The standard InChI is InChI=1S/C25H26Cl2N2O6S4/c1-4-15(11-22-28(24(5-2)38(30,31)32)18-13-16(26)7-9-20(18)36-22)12-23-29(25(6-3)39(33,34)35)19-14-17(27)8-10-21(19)37-23/h7-14,24-25H,4-6H2,1-3H3,(H-,30,31,32,33,34,35)/p-1. The van der Waals surface area contributed by atoms with Crippen LogP contribution >= 0.6 is 46.3 Å². The molecule has 14 heteroatoms. The summed E-state index contributed by atoms with van der Waals surface area (Å²) in [5.41, 5.74) is 1.77. The van der Waals surface area contributed by atoms with E-state index in [1.165, 1.54) is 32.6 Å². The van der Waals surface area contributed by atoms with Crippen molar-refractivity contribution in [3.8, 4) is 0 Å². The van der Waals surface area contributed by atoms with Crippen LogP contribution in [0.3, 0.4) is 0 Å². The highest BCUT2D eigenvalue weighted by Crippen LogP contribution is 2.49. The molecule has 0 spiro atoms. The first kappa shape index (κ1) is 30.3. The van der Waals surface area contributed by atoms with E-state index in [1.807, 2.05) is 6.92 Å². The molecule has 0 N–H and O–H groups in total. The van der Waals surface area contributed by atoms with Crippen LogP contribution in [0.1, 0.15) is 50.4 Å². The van der Waals surface area contributed by atoms with Gasteiger partial charge in [-0.15, -0.1) is 0 Å². The van der Waals surface area contributed by atoms with Gasteiger partial charge in [0, 0.05) is 33.5 Å². The third-order valence-corrected chi connectivity index (χ3v) is 11.3. The molecular formula is C25H25Cl2N2O6S4-. The molecule has 2 atom stereocenters. The SMILES string of the molecule is CCC(=Cc1sc2ccc(Cl)cc2[n+]1C(CC)S(=O)(=O)[O-])C=C1Sc2ccc(Cl)cc2N1C(CC)S(=O)(=O)[O-]. The van der Waals surface area contributed by atoms with Crippen molar-refractivity contribution in [1.29, 1.82) is 0 Å². The van der Waals surface area contributed by atoms with Gasteiger partial charge in [-0.2, -0.15) is 4.57 Å². The fourth-order valence-electron chi connectivity index (χ4n) is 4.48. The molecule has 0 amide bonds. The molecule has 2 aromatic carbocycles. The van der Waals surface area contributed by atoms with E-state index >= 15 is 0 Å². The van der Waals surface area contributed by atoms with E-state index in [0.717, 1.165) is 15.2 Å². The van der Waals surface area contributed by atoms with Crippen LogP contribution in [0.5, 0.6) is 0 Å². The number of fused-ring (bicyclic) bond motifs is 2. The highest BCUT2D eigenvalue weighted by Gasteiger charge is 2.35. The average Bonchev–Trinajstić information content (AvgIpc) is 3.35. The molecule has 210 valence electrons. The normalized spacial score (nSPS) is 17.2. The second-order valence-electron chi connectivity index (χ2n) is 8.77. The molecule has 2 heterocycles. The minimum Gasteiger partial charge on any atom is -0.746 e. The van der Waals surface area contributed by atoms with Crippen molar-refractivity contribution in [3.05, 3.63) is 68.1 Å². The first-order valence-electron chi connectivity index (χ1n) is 12.0. The Balaban J connectivity index is 1.92. The third-order valence-electron chi connectivity index (χ3n) is 6.23. The number of rotatable bonds is 9. The monoisotopic (exact) mass is 647 g/mol. The topological polar surface area (TPSA) is 122 Å². The maximum absolute atomic E-state index is 12.2. The van der Waals surface area contributed by atoms with Gasteiger partial charge in [-0.05, 0) is 54.8 Å². The van der Waals surface area contributed by atoms with E-state index in [1.54, 1.807) is 62.4 Å². The van der Waals surface area contributed by atoms with Crippen LogP contribution < -0.4 is 9.47 Å². The predicted molar refractivity (Wildman–Crippen MR) is 156 cm³/mol. The molecule has 0 saturated carbocycles. The molecule has 1 aliphatic heterocycles. The zero-order valence-corrected chi connectivity index (χ0v) is 25.9. The molecule has 1 aromatic heterocycles. The lowest BCUT2D eigenvalue weighted by atomic mass is 10.2. The number of halogens is 2. The Kier molecular flexibility index (Phi) is 9.09. The number of hydrogen-bond acceptors (Lipinski definition) is 9. The largest absolute Gasteiger partial charge is 0.746 e. The number of benzene rings is 2. The summed E-state index contributed by atoms with van der Waals surface area (Å²) in [5, 5.41) is -0.850. The molecular weight excluding hydrogens is 623 g/mol. The zero-order valence-electron chi connectivity index (χ0n) is 21.1. The first-order valence-corrected chi connectivity index (χ1v) is 17.3. The minimum absolute atomic E-state index is 0.0530. The van der Waals surface area contributed by atoms with Crippen LogP contribution in [-0.2, 0) is 20.2 Å². The summed E-state index contributed by atoms with van der Waals surface area (Å²) in [6.07, 6.45) is 4.16. The molecule has 4 rings (SSSR count). The molecule has 2 unspecified atom stereocenters. The maximum atomic E-state index is 12.2. The second-order valence-corrected chi connectivity index (χ2v) is 14.8. The Labute approximate surface area is 246 Å². The molecule has 1 aliphatic rings.